The second-order valence-corrected chi connectivity index (χ2v) is 29.8. The predicted octanol–water partition coefficient (Wildman–Crippen LogP) is 8.04. The quantitative estimate of drug-likeness (QED) is 0.0943. The average molecular weight is 789 g/mol. The van der Waals surface area contributed by atoms with Crippen LogP contribution in [0.4, 0.5) is 0 Å². The van der Waals surface area contributed by atoms with Crippen LogP contribution in [-0.4, -0.2) is 77.2 Å². The molecule has 4 amide bonds. The molecule has 0 radical (unpaired) electrons. The van der Waals surface area contributed by atoms with Gasteiger partial charge in [0, 0.05) is 0 Å². The Balaban J connectivity index is 1.84. The number of carbonyl (C=O) groups is 4. The van der Waals surface area contributed by atoms with Gasteiger partial charge in [-0.3, -0.25) is 0 Å². The van der Waals surface area contributed by atoms with Crippen molar-refractivity contribution >= 4 is 99.9 Å². The fraction of sp³-hybridized carbons (Fsp3) is 0.556. The number of nitrogens with zero attached hydrogens (tertiary/aromatic N) is 2. The molecule has 2 aromatic carbocycles. The molecule has 0 aliphatic carbocycles. The van der Waals surface area contributed by atoms with Crippen LogP contribution in [0, 0.1) is 0 Å². The summed E-state index contributed by atoms with van der Waals surface area (Å²) in [5, 5.41) is 2.91. The zero-order valence-electron chi connectivity index (χ0n) is 28.9. The normalized spacial score (nSPS) is 15.3. The van der Waals surface area contributed by atoms with E-state index in [1.165, 1.54) is 17.9 Å². The molecule has 3 heterocycles. The van der Waals surface area contributed by atoms with E-state index in [0.717, 1.165) is 75.0 Å². The van der Waals surface area contributed by atoms with Crippen molar-refractivity contribution in [1.29, 1.82) is 0 Å². The van der Waals surface area contributed by atoms with Crippen LogP contribution in [0.5, 0.6) is 0 Å². The van der Waals surface area contributed by atoms with Gasteiger partial charge in [0.15, 0.2) is 0 Å². The average Bonchev–Trinajstić information content (AvgIpc) is 3.39. The molecule has 10 heteroatoms. The summed E-state index contributed by atoms with van der Waals surface area (Å²) in [4.78, 5) is 60.8. The van der Waals surface area contributed by atoms with E-state index in [-0.39, 0.29) is 38.1 Å². The van der Waals surface area contributed by atoms with Crippen LogP contribution in [-0.2, 0) is 0 Å². The topological polar surface area (TPSA) is 74.8 Å². The number of hydrogen-bond donors (Lipinski definition) is 0. The number of unbranched alkanes of at least 4 members (excludes halogenated alkanes) is 8. The molecule has 0 unspecified atom stereocenters. The van der Waals surface area contributed by atoms with Crippen molar-refractivity contribution < 1.29 is 19.2 Å². The zero-order chi connectivity index (χ0) is 33.7. The van der Waals surface area contributed by atoms with E-state index in [1.54, 1.807) is 6.07 Å². The molecule has 0 spiro atoms. The molecular formula is C36H49BrN2O4SeSi2. The van der Waals surface area contributed by atoms with Crippen molar-refractivity contribution in [1.82, 2.24) is 9.80 Å². The molecule has 3 aromatic rings. The molecule has 0 N–H and O–H groups in total. The van der Waals surface area contributed by atoms with Crippen LogP contribution < -0.4 is 8.12 Å². The van der Waals surface area contributed by atoms with Crippen molar-refractivity contribution in [2.45, 2.75) is 117 Å². The Morgan fingerprint density at radius 2 is 0.978 bits per heavy atom. The Morgan fingerprint density at radius 1 is 0.565 bits per heavy atom. The summed E-state index contributed by atoms with van der Waals surface area (Å²) in [6.07, 6.45) is 10.1. The second-order valence-electron chi connectivity index (χ2n) is 15.1. The molecule has 0 fully saturated rings. The number of hydrogen-bond acceptors (Lipinski definition) is 4. The summed E-state index contributed by atoms with van der Waals surface area (Å²) in [5.74, 6) is -1.17. The number of rotatable bonds is 14. The predicted molar refractivity (Wildman–Crippen MR) is 200 cm³/mol. The number of benzene rings is 2. The monoisotopic (exact) mass is 788 g/mol. The van der Waals surface area contributed by atoms with Gasteiger partial charge >= 0.3 is 292 Å². The third-order valence-corrected chi connectivity index (χ3v) is 23.7. The Morgan fingerprint density at radius 3 is 1.43 bits per heavy atom. The summed E-state index contributed by atoms with van der Waals surface area (Å²) in [5.41, 5.74) is 1.96. The fourth-order valence-corrected chi connectivity index (χ4v) is 17.4. The van der Waals surface area contributed by atoms with Gasteiger partial charge in [0.25, 0.3) is 0 Å². The Kier molecular flexibility index (Phi) is 10.5. The molecule has 0 saturated carbocycles. The van der Waals surface area contributed by atoms with Gasteiger partial charge in [-0.1, -0.05) is 0 Å². The summed E-state index contributed by atoms with van der Waals surface area (Å²) < 4.78 is 3.21. The first-order chi connectivity index (χ1) is 21.7. The maximum atomic E-state index is 14.7. The zero-order valence-corrected chi connectivity index (χ0v) is 34.2. The summed E-state index contributed by atoms with van der Waals surface area (Å²) >= 11 is 3.69. The van der Waals surface area contributed by atoms with Crippen molar-refractivity contribution in [2.24, 2.45) is 0 Å². The van der Waals surface area contributed by atoms with E-state index >= 15 is 0 Å². The number of imide groups is 2. The van der Waals surface area contributed by atoms with Gasteiger partial charge in [0.1, 0.15) is 0 Å². The number of amides is 4. The molecule has 2 aliphatic heterocycles. The second kappa shape index (κ2) is 13.6. The van der Waals surface area contributed by atoms with Gasteiger partial charge in [-0.2, -0.15) is 0 Å². The molecule has 2 aliphatic rings. The standard InChI is InChI=1S/C36H49BrN2O4SeSi2/c1-9-11-13-15-17-19-38-31(40)22-21-23(37)25-26-24(22)27(33(38)42)29-30(36(46(6,7)8)44-35(29)45(3,4)5)28(26)34(43)39(32(25)41)20-18-16-14-12-10-2/h21H,9-20H2,1-8H3. The fourth-order valence-electron chi connectivity index (χ4n) is 7.07. The molecule has 5 rings (SSSR count). The number of fused-ring (bicyclic) bond motifs is 3. The van der Waals surface area contributed by atoms with E-state index in [1.807, 2.05) is 0 Å². The minimum absolute atomic E-state index is 0.00134. The van der Waals surface area contributed by atoms with Crippen molar-refractivity contribution in [3.63, 3.8) is 0 Å². The third kappa shape index (κ3) is 6.10. The summed E-state index contributed by atoms with van der Waals surface area (Å²) in [6.45, 7) is 19.1. The molecule has 1 aromatic heterocycles. The molecule has 0 saturated heterocycles. The van der Waals surface area contributed by atoms with Crippen LogP contribution >= 0.6 is 15.9 Å². The van der Waals surface area contributed by atoms with Gasteiger partial charge in [-0.15, -0.1) is 0 Å². The summed E-state index contributed by atoms with van der Waals surface area (Å²) in [7, 11) is -3.95. The molecular weight excluding hydrogens is 739 g/mol. The Hall–Kier alpha value is -1.85. The number of carbonyl (C=O) groups excluding carboxylic acids is 4. The van der Waals surface area contributed by atoms with Gasteiger partial charge in [0.05, 0.1) is 0 Å². The van der Waals surface area contributed by atoms with Crippen LogP contribution in [0.2, 0.25) is 39.3 Å². The van der Waals surface area contributed by atoms with Gasteiger partial charge in [-0.25, -0.2) is 0 Å². The first-order valence-electron chi connectivity index (χ1n) is 17.2. The van der Waals surface area contributed by atoms with E-state index in [9.17, 15) is 19.2 Å². The van der Waals surface area contributed by atoms with Crippen molar-refractivity contribution in [3.8, 4) is 0 Å². The maximum absolute atomic E-state index is 14.7. The van der Waals surface area contributed by atoms with Crippen molar-refractivity contribution in [3.05, 3.63) is 32.8 Å². The molecule has 6 nitrogen and oxygen atoms in total. The molecule has 0 atom stereocenters. The first kappa shape index (κ1) is 35.5. The first-order valence-corrected chi connectivity index (χ1v) is 26.7. The van der Waals surface area contributed by atoms with E-state index in [4.69, 9.17) is 0 Å². The van der Waals surface area contributed by atoms with E-state index in [0.29, 0.717) is 50.6 Å². The van der Waals surface area contributed by atoms with Crippen molar-refractivity contribution in [2.75, 3.05) is 13.1 Å². The third-order valence-electron chi connectivity index (χ3n) is 9.37. The van der Waals surface area contributed by atoms with Gasteiger partial charge in [-0.05, 0) is 0 Å². The molecule has 248 valence electrons. The Labute approximate surface area is 290 Å². The van der Waals surface area contributed by atoms with Gasteiger partial charge < -0.3 is 0 Å². The van der Waals surface area contributed by atoms with E-state index < -0.39 is 16.1 Å². The molecule has 46 heavy (non-hydrogen) atoms. The van der Waals surface area contributed by atoms with Crippen LogP contribution in [0.1, 0.15) is 119 Å². The minimum atomic E-state index is -1.98. The van der Waals surface area contributed by atoms with Gasteiger partial charge in [0.2, 0.25) is 0 Å². The number of halogens is 1. The SMILES string of the molecule is CCCCCCCN1C(=O)c2cc(Br)c3c4c(c5c([Si](C)(C)C)[se]c([Si](C)(C)C)c5c(c24)C1=O)C(=O)N(CCCCCCC)C3=O. The van der Waals surface area contributed by atoms with E-state index in [2.05, 4.69) is 69.1 Å². The van der Waals surface area contributed by atoms with Crippen LogP contribution in [0.15, 0.2) is 10.5 Å². The summed E-state index contributed by atoms with van der Waals surface area (Å²) in [6, 6.07) is 1.75. The van der Waals surface area contributed by atoms with Crippen LogP contribution in [0.3, 0.4) is 0 Å². The molecule has 0 bridgehead atoms. The van der Waals surface area contributed by atoms with Crippen LogP contribution in [0.25, 0.3) is 21.5 Å². The Bertz CT molecular complexity index is 1750.